The van der Waals surface area contributed by atoms with Gasteiger partial charge >= 0.3 is 5.97 Å². The van der Waals surface area contributed by atoms with Crippen molar-refractivity contribution >= 4 is 23.6 Å². The standard InChI is InChI=1S/C12H24N2O3S/c1-3-17-12(16)5-4-7-14-11(15)9-18-8-6-10(2)13/h10H,3-9,13H2,1-2H3,(H,14,15). The van der Waals surface area contributed by atoms with Crippen LogP contribution in [0.3, 0.4) is 0 Å². The van der Waals surface area contributed by atoms with Crippen LogP contribution < -0.4 is 11.1 Å². The summed E-state index contributed by atoms with van der Waals surface area (Å²) in [4.78, 5) is 22.4. The number of carbonyl (C=O) groups is 2. The number of thioether (sulfide) groups is 1. The largest absolute Gasteiger partial charge is 0.466 e. The molecule has 3 N–H and O–H groups in total. The first-order valence-electron chi connectivity index (χ1n) is 6.32. The summed E-state index contributed by atoms with van der Waals surface area (Å²) in [5.74, 6) is 1.15. The monoisotopic (exact) mass is 276 g/mol. The van der Waals surface area contributed by atoms with E-state index in [4.69, 9.17) is 10.5 Å². The molecule has 0 aromatic rings. The van der Waals surface area contributed by atoms with Gasteiger partial charge in [0, 0.05) is 19.0 Å². The molecule has 0 fully saturated rings. The van der Waals surface area contributed by atoms with E-state index in [1.54, 1.807) is 18.7 Å². The number of ether oxygens (including phenoxy) is 1. The van der Waals surface area contributed by atoms with E-state index in [0.717, 1.165) is 12.2 Å². The molecule has 0 spiro atoms. The van der Waals surface area contributed by atoms with Crippen molar-refractivity contribution < 1.29 is 14.3 Å². The lowest BCUT2D eigenvalue weighted by Crippen LogP contribution is -2.27. The number of amides is 1. The highest BCUT2D eigenvalue weighted by Gasteiger charge is 2.04. The quantitative estimate of drug-likeness (QED) is 0.458. The number of nitrogens with two attached hydrogens (primary N) is 1. The van der Waals surface area contributed by atoms with Crippen molar-refractivity contribution in [3.05, 3.63) is 0 Å². The molecule has 0 aliphatic heterocycles. The normalized spacial score (nSPS) is 11.9. The lowest BCUT2D eigenvalue weighted by Gasteiger charge is -2.06. The number of rotatable bonds is 10. The van der Waals surface area contributed by atoms with E-state index < -0.39 is 0 Å². The molecule has 0 saturated heterocycles. The highest BCUT2D eigenvalue weighted by Crippen LogP contribution is 2.03. The Morgan fingerprint density at radius 1 is 1.44 bits per heavy atom. The molecular weight excluding hydrogens is 252 g/mol. The zero-order valence-electron chi connectivity index (χ0n) is 11.2. The summed E-state index contributed by atoms with van der Waals surface area (Å²) in [5, 5.41) is 2.77. The second kappa shape index (κ2) is 11.3. The molecule has 18 heavy (non-hydrogen) atoms. The van der Waals surface area contributed by atoms with E-state index >= 15 is 0 Å². The summed E-state index contributed by atoms with van der Waals surface area (Å²) in [6, 6.07) is 0.185. The van der Waals surface area contributed by atoms with Gasteiger partial charge in [-0.1, -0.05) is 0 Å². The van der Waals surface area contributed by atoms with Crippen LogP contribution in [0.2, 0.25) is 0 Å². The zero-order chi connectivity index (χ0) is 13.8. The van der Waals surface area contributed by atoms with Gasteiger partial charge < -0.3 is 15.8 Å². The Morgan fingerprint density at radius 2 is 2.17 bits per heavy atom. The van der Waals surface area contributed by atoms with E-state index in [0.29, 0.717) is 31.7 Å². The van der Waals surface area contributed by atoms with Crippen LogP contribution in [-0.4, -0.2) is 42.6 Å². The third-order valence-corrected chi connectivity index (χ3v) is 3.13. The molecule has 0 aromatic heterocycles. The van der Waals surface area contributed by atoms with E-state index in [9.17, 15) is 9.59 Å². The van der Waals surface area contributed by atoms with E-state index in [1.807, 2.05) is 6.92 Å². The van der Waals surface area contributed by atoms with Crippen LogP contribution >= 0.6 is 11.8 Å². The van der Waals surface area contributed by atoms with Crippen molar-refractivity contribution in [2.45, 2.75) is 39.2 Å². The molecule has 0 heterocycles. The maximum Gasteiger partial charge on any atom is 0.305 e. The number of hydrogen-bond donors (Lipinski definition) is 2. The lowest BCUT2D eigenvalue weighted by atomic mass is 10.3. The van der Waals surface area contributed by atoms with Crippen LogP contribution in [0.25, 0.3) is 0 Å². The fourth-order valence-corrected chi connectivity index (χ4v) is 2.15. The van der Waals surface area contributed by atoms with E-state index in [-0.39, 0.29) is 17.9 Å². The van der Waals surface area contributed by atoms with E-state index in [1.165, 1.54) is 0 Å². The summed E-state index contributed by atoms with van der Waals surface area (Å²) in [6.45, 7) is 4.65. The second-order valence-electron chi connectivity index (χ2n) is 4.08. The molecule has 0 radical (unpaired) electrons. The van der Waals surface area contributed by atoms with Crippen molar-refractivity contribution in [2.24, 2.45) is 5.73 Å². The molecular formula is C12H24N2O3S. The zero-order valence-corrected chi connectivity index (χ0v) is 12.1. The first kappa shape index (κ1) is 17.2. The summed E-state index contributed by atoms with van der Waals surface area (Å²) in [7, 11) is 0. The smallest absolute Gasteiger partial charge is 0.305 e. The summed E-state index contributed by atoms with van der Waals surface area (Å²) in [5.41, 5.74) is 5.60. The van der Waals surface area contributed by atoms with Gasteiger partial charge in [-0.3, -0.25) is 9.59 Å². The van der Waals surface area contributed by atoms with Crippen LogP contribution in [0, 0.1) is 0 Å². The third kappa shape index (κ3) is 11.7. The van der Waals surface area contributed by atoms with Gasteiger partial charge in [-0.05, 0) is 32.4 Å². The second-order valence-corrected chi connectivity index (χ2v) is 5.18. The van der Waals surface area contributed by atoms with Crippen LogP contribution in [0.15, 0.2) is 0 Å². The maximum atomic E-state index is 11.4. The molecule has 0 saturated carbocycles. The minimum atomic E-state index is -0.210. The maximum absolute atomic E-state index is 11.4. The molecule has 0 aliphatic carbocycles. The molecule has 0 bridgehead atoms. The Labute approximate surface area is 113 Å². The predicted molar refractivity (Wildman–Crippen MR) is 74.5 cm³/mol. The highest BCUT2D eigenvalue weighted by atomic mass is 32.2. The number of nitrogens with one attached hydrogen (secondary N) is 1. The molecule has 6 heteroatoms. The fourth-order valence-electron chi connectivity index (χ4n) is 1.18. The van der Waals surface area contributed by atoms with Crippen molar-refractivity contribution in [3.8, 4) is 0 Å². The summed E-state index contributed by atoms with van der Waals surface area (Å²) >= 11 is 1.58. The van der Waals surface area contributed by atoms with Crippen LogP contribution in [0.5, 0.6) is 0 Å². The lowest BCUT2D eigenvalue weighted by molar-refractivity contribution is -0.143. The van der Waals surface area contributed by atoms with Crippen molar-refractivity contribution in [2.75, 3.05) is 24.7 Å². The Kier molecular flexibility index (Phi) is 10.9. The van der Waals surface area contributed by atoms with Gasteiger partial charge in [0.1, 0.15) is 0 Å². The van der Waals surface area contributed by atoms with Gasteiger partial charge in [-0.2, -0.15) is 11.8 Å². The Balaban J connectivity index is 3.34. The minimum Gasteiger partial charge on any atom is -0.466 e. The molecule has 0 aliphatic rings. The fraction of sp³-hybridized carbons (Fsp3) is 0.833. The Bertz CT molecular complexity index is 247. The number of carbonyl (C=O) groups excluding carboxylic acids is 2. The third-order valence-electron chi connectivity index (χ3n) is 2.14. The average molecular weight is 276 g/mol. The van der Waals surface area contributed by atoms with Crippen molar-refractivity contribution in [1.29, 1.82) is 0 Å². The molecule has 0 aromatic carbocycles. The van der Waals surface area contributed by atoms with Crippen molar-refractivity contribution in [3.63, 3.8) is 0 Å². The highest BCUT2D eigenvalue weighted by molar-refractivity contribution is 7.99. The van der Waals surface area contributed by atoms with E-state index in [2.05, 4.69) is 5.32 Å². The topological polar surface area (TPSA) is 81.4 Å². The molecule has 1 amide bonds. The Hall–Kier alpha value is -0.750. The number of esters is 1. The molecule has 1 atom stereocenters. The van der Waals surface area contributed by atoms with Gasteiger partial charge in [0.15, 0.2) is 0 Å². The van der Waals surface area contributed by atoms with Gasteiger partial charge in [0.25, 0.3) is 0 Å². The predicted octanol–water partition coefficient (Wildman–Crippen LogP) is 0.916. The molecule has 1 unspecified atom stereocenters. The first-order valence-corrected chi connectivity index (χ1v) is 7.47. The van der Waals surface area contributed by atoms with Gasteiger partial charge in [0.2, 0.25) is 5.91 Å². The Morgan fingerprint density at radius 3 is 2.78 bits per heavy atom. The average Bonchev–Trinajstić information content (AvgIpc) is 2.30. The SMILES string of the molecule is CCOC(=O)CCCNC(=O)CSCCC(C)N. The van der Waals surface area contributed by atoms with Crippen molar-refractivity contribution in [1.82, 2.24) is 5.32 Å². The van der Waals surface area contributed by atoms with Crippen LogP contribution in [0.4, 0.5) is 0 Å². The number of hydrogen-bond acceptors (Lipinski definition) is 5. The van der Waals surface area contributed by atoms with Gasteiger partial charge in [0.05, 0.1) is 12.4 Å². The van der Waals surface area contributed by atoms with Gasteiger partial charge in [-0.15, -0.1) is 0 Å². The summed E-state index contributed by atoms with van der Waals surface area (Å²) < 4.78 is 4.78. The first-order chi connectivity index (χ1) is 8.56. The van der Waals surface area contributed by atoms with Crippen LogP contribution in [0.1, 0.15) is 33.1 Å². The molecule has 0 rings (SSSR count). The molecule has 106 valence electrons. The summed E-state index contributed by atoms with van der Waals surface area (Å²) in [6.07, 6.45) is 1.89. The van der Waals surface area contributed by atoms with Crippen LogP contribution in [-0.2, 0) is 14.3 Å². The minimum absolute atomic E-state index is 0.00790. The van der Waals surface area contributed by atoms with Gasteiger partial charge in [-0.25, -0.2) is 0 Å². The molecule has 5 nitrogen and oxygen atoms in total.